The van der Waals surface area contributed by atoms with Crippen LogP contribution in [0.5, 0.6) is 11.5 Å². The summed E-state index contributed by atoms with van der Waals surface area (Å²) in [4.78, 5) is 0. The molecule has 1 heterocycles. The smallest absolute Gasteiger partial charge is 0.126 e. The van der Waals surface area contributed by atoms with Gasteiger partial charge in [0.05, 0.1) is 31.7 Å². The molecule has 0 radical (unpaired) electrons. The standard InChI is InChI=1S/C25H22Br2N2O2/c1-30-24-9-5-3-7-17(24)11-13-19-16-23(20-8-4-6-10-25(20)31-2)29(28-19)22-14-12-18(26)15-21(22)27/h3-15,23H,16H2,1-2H3/b13-11+. The number of ether oxygens (including phenoxy) is 2. The minimum Gasteiger partial charge on any atom is -0.496 e. The van der Waals surface area contributed by atoms with Crippen LogP contribution in [-0.4, -0.2) is 19.9 Å². The number of benzene rings is 3. The molecule has 1 atom stereocenters. The topological polar surface area (TPSA) is 34.1 Å². The van der Waals surface area contributed by atoms with Crippen molar-refractivity contribution in [2.24, 2.45) is 5.10 Å². The molecule has 158 valence electrons. The van der Waals surface area contributed by atoms with E-state index in [0.717, 1.165) is 49.4 Å². The predicted molar refractivity (Wildman–Crippen MR) is 134 cm³/mol. The van der Waals surface area contributed by atoms with Crippen LogP contribution in [0.1, 0.15) is 23.6 Å². The molecule has 3 aromatic rings. The van der Waals surface area contributed by atoms with Gasteiger partial charge in [-0.1, -0.05) is 52.3 Å². The summed E-state index contributed by atoms with van der Waals surface area (Å²) in [6.45, 7) is 0. The van der Waals surface area contributed by atoms with Gasteiger partial charge in [0.2, 0.25) is 0 Å². The Balaban J connectivity index is 1.73. The number of nitrogens with zero attached hydrogens (tertiary/aromatic N) is 2. The molecule has 0 saturated heterocycles. The van der Waals surface area contributed by atoms with Crippen LogP contribution in [0.2, 0.25) is 0 Å². The van der Waals surface area contributed by atoms with Crippen molar-refractivity contribution < 1.29 is 9.47 Å². The second kappa shape index (κ2) is 9.71. The largest absolute Gasteiger partial charge is 0.496 e. The van der Waals surface area contributed by atoms with Gasteiger partial charge in [0.1, 0.15) is 11.5 Å². The number of allylic oxidation sites excluding steroid dienone is 1. The maximum absolute atomic E-state index is 5.65. The number of hydrogen-bond acceptors (Lipinski definition) is 4. The Morgan fingerprint density at radius 2 is 1.61 bits per heavy atom. The summed E-state index contributed by atoms with van der Waals surface area (Å²) >= 11 is 7.24. The van der Waals surface area contributed by atoms with Gasteiger partial charge >= 0.3 is 0 Å². The Labute approximate surface area is 199 Å². The fourth-order valence-corrected chi connectivity index (χ4v) is 4.93. The van der Waals surface area contributed by atoms with Crippen molar-refractivity contribution in [3.63, 3.8) is 0 Å². The molecule has 4 nitrogen and oxygen atoms in total. The van der Waals surface area contributed by atoms with Crippen LogP contribution in [0.15, 0.2) is 86.9 Å². The fourth-order valence-electron chi connectivity index (χ4n) is 3.70. The maximum atomic E-state index is 5.65. The summed E-state index contributed by atoms with van der Waals surface area (Å²) in [5.74, 6) is 1.70. The lowest BCUT2D eigenvalue weighted by Crippen LogP contribution is -2.19. The zero-order valence-corrected chi connectivity index (χ0v) is 20.4. The van der Waals surface area contributed by atoms with Gasteiger partial charge in [0.15, 0.2) is 0 Å². The number of hydrazone groups is 1. The minimum atomic E-state index is 0.0194. The first-order valence-corrected chi connectivity index (χ1v) is 11.4. The normalized spacial score (nSPS) is 15.9. The number of para-hydroxylation sites is 2. The molecule has 31 heavy (non-hydrogen) atoms. The third-order valence-corrected chi connectivity index (χ3v) is 6.31. The average Bonchev–Trinajstić information content (AvgIpc) is 3.21. The van der Waals surface area contributed by atoms with Crippen LogP contribution >= 0.6 is 31.9 Å². The molecule has 3 aromatic carbocycles. The summed E-state index contributed by atoms with van der Waals surface area (Å²) in [6, 6.07) is 22.2. The van der Waals surface area contributed by atoms with Crippen LogP contribution < -0.4 is 14.5 Å². The molecule has 0 amide bonds. The molecular weight excluding hydrogens is 520 g/mol. The Kier molecular flexibility index (Phi) is 6.78. The van der Waals surface area contributed by atoms with Gasteiger partial charge in [-0.25, -0.2) is 0 Å². The zero-order valence-electron chi connectivity index (χ0n) is 17.3. The molecule has 1 aliphatic rings. The van der Waals surface area contributed by atoms with Crippen molar-refractivity contribution in [2.75, 3.05) is 19.2 Å². The van der Waals surface area contributed by atoms with Crippen molar-refractivity contribution in [3.05, 3.63) is 92.9 Å². The van der Waals surface area contributed by atoms with E-state index in [4.69, 9.17) is 14.6 Å². The Morgan fingerprint density at radius 1 is 0.903 bits per heavy atom. The molecule has 0 bridgehead atoms. The Morgan fingerprint density at radius 3 is 2.35 bits per heavy atom. The molecule has 0 fully saturated rings. The average molecular weight is 542 g/mol. The van der Waals surface area contributed by atoms with E-state index in [1.54, 1.807) is 14.2 Å². The van der Waals surface area contributed by atoms with E-state index in [1.807, 2.05) is 54.6 Å². The third kappa shape index (κ3) is 4.70. The number of halogens is 2. The first-order chi connectivity index (χ1) is 15.1. The summed E-state index contributed by atoms with van der Waals surface area (Å²) in [5.41, 5.74) is 4.10. The fraction of sp³-hybridized carbons (Fsp3) is 0.160. The van der Waals surface area contributed by atoms with E-state index < -0.39 is 0 Å². The lowest BCUT2D eigenvalue weighted by molar-refractivity contribution is 0.405. The van der Waals surface area contributed by atoms with Gasteiger partial charge < -0.3 is 9.47 Å². The summed E-state index contributed by atoms with van der Waals surface area (Å²) in [5, 5.41) is 7.04. The highest BCUT2D eigenvalue weighted by atomic mass is 79.9. The number of hydrogen-bond donors (Lipinski definition) is 0. The third-order valence-electron chi connectivity index (χ3n) is 5.18. The van der Waals surface area contributed by atoms with Crippen molar-refractivity contribution in [3.8, 4) is 11.5 Å². The predicted octanol–water partition coefficient (Wildman–Crippen LogP) is 7.25. The molecule has 6 heteroatoms. The minimum absolute atomic E-state index is 0.0194. The van der Waals surface area contributed by atoms with Crippen molar-refractivity contribution in [1.82, 2.24) is 0 Å². The van der Waals surface area contributed by atoms with Crippen LogP contribution in [0.4, 0.5) is 5.69 Å². The number of anilines is 1. The van der Waals surface area contributed by atoms with E-state index in [2.05, 4.69) is 61.2 Å². The van der Waals surface area contributed by atoms with Crippen LogP contribution in [-0.2, 0) is 0 Å². The highest BCUT2D eigenvalue weighted by Gasteiger charge is 2.31. The summed E-state index contributed by atoms with van der Waals surface area (Å²) < 4.78 is 13.1. The van der Waals surface area contributed by atoms with E-state index in [0.29, 0.717) is 0 Å². The molecule has 4 rings (SSSR count). The number of methoxy groups -OCH3 is 2. The molecule has 0 aliphatic carbocycles. The van der Waals surface area contributed by atoms with Gasteiger partial charge in [-0.05, 0) is 58.4 Å². The van der Waals surface area contributed by atoms with Crippen LogP contribution in [0.3, 0.4) is 0 Å². The van der Waals surface area contributed by atoms with Crippen LogP contribution in [0, 0.1) is 0 Å². The van der Waals surface area contributed by atoms with Gasteiger partial charge in [0.25, 0.3) is 0 Å². The van der Waals surface area contributed by atoms with E-state index in [-0.39, 0.29) is 6.04 Å². The van der Waals surface area contributed by atoms with E-state index >= 15 is 0 Å². The summed E-state index contributed by atoms with van der Waals surface area (Å²) in [6.07, 6.45) is 4.87. The summed E-state index contributed by atoms with van der Waals surface area (Å²) in [7, 11) is 3.39. The molecule has 0 saturated carbocycles. The molecule has 0 spiro atoms. The quantitative estimate of drug-likeness (QED) is 0.329. The van der Waals surface area contributed by atoms with Crippen molar-refractivity contribution in [2.45, 2.75) is 12.5 Å². The lowest BCUT2D eigenvalue weighted by Gasteiger charge is -2.26. The van der Waals surface area contributed by atoms with Crippen molar-refractivity contribution in [1.29, 1.82) is 0 Å². The van der Waals surface area contributed by atoms with Gasteiger partial charge in [-0.3, -0.25) is 5.01 Å². The van der Waals surface area contributed by atoms with Gasteiger partial charge in [-0.2, -0.15) is 5.10 Å². The van der Waals surface area contributed by atoms with E-state index in [9.17, 15) is 0 Å². The van der Waals surface area contributed by atoms with Gasteiger partial charge in [-0.15, -0.1) is 0 Å². The molecule has 1 aliphatic heterocycles. The van der Waals surface area contributed by atoms with Gasteiger partial charge in [0, 0.05) is 26.5 Å². The second-order valence-corrected chi connectivity index (χ2v) is 8.84. The zero-order chi connectivity index (χ0) is 21.8. The molecule has 1 unspecified atom stereocenters. The van der Waals surface area contributed by atoms with E-state index in [1.165, 1.54) is 0 Å². The first-order valence-electron chi connectivity index (χ1n) is 9.86. The SMILES string of the molecule is COc1ccccc1/C=C/C1=NN(c2ccc(Br)cc2Br)C(c2ccccc2OC)C1. The monoisotopic (exact) mass is 540 g/mol. The molecular formula is C25H22Br2N2O2. The maximum Gasteiger partial charge on any atom is 0.126 e. The highest BCUT2D eigenvalue weighted by molar-refractivity contribution is 9.11. The Hall–Kier alpha value is -2.57. The number of rotatable bonds is 6. The lowest BCUT2D eigenvalue weighted by atomic mass is 9.99. The molecule has 0 aromatic heterocycles. The molecule has 0 N–H and O–H groups in total. The second-order valence-electron chi connectivity index (χ2n) is 7.07. The van der Waals surface area contributed by atoms with Crippen molar-refractivity contribution >= 4 is 49.3 Å². The first kappa shape index (κ1) is 21.7. The Bertz CT molecular complexity index is 1140. The highest BCUT2D eigenvalue weighted by Crippen LogP contribution is 2.42. The van der Waals surface area contributed by atoms with Crippen LogP contribution in [0.25, 0.3) is 6.08 Å².